The Morgan fingerprint density at radius 1 is 0.609 bits per heavy atom. The summed E-state index contributed by atoms with van der Waals surface area (Å²) >= 11 is 0. The van der Waals surface area contributed by atoms with E-state index in [1.54, 1.807) is 62.4 Å². The predicted octanol–water partition coefficient (Wildman–Crippen LogP) is 2.20. The molecule has 4 atom stereocenters. The van der Waals surface area contributed by atoms with E-state index >= 15 is 0 Å². The van der Waals surface area contributed by atoms with Crippen molar-refractivity contribution < 1.29 is 20.4 Å². The number of rotatable bonds is 6. The van der Waals surface area contributed by atoms with Crippen molar-refractivity contribution in [2.45, 2.75) is 38.3 Å². The minimum absolute atomic E-state index is 0.564. The molecule has 0 aromatic heterocycles. The summed E-state index contributed by atoms with van der Waals surface area (Å²) in [4.78, 5) is 0. The average molecular weight is 316 g/mol. The Kier molecular flexibility index (Phi) is 5.55. The molecule has 0 saturated heterocycles. The first-order valence-corrected chi connectivity index (χ1v) is 7.68. The molecule has 23 heavy (non-hydrogen) atoms. The molecule has 0 heterocycles. The fourth-order valence-corrected chi connectivity index (χ4v) is 2.65. The molecule has 4 unspecified atom stereocenters. The van der Waals surface area contributed by atoms with Crippen LogP contribution in [-0.4, -0.2) is 32.6 Å². The molecule has 0 radical (unpaired) electrons. The van der Waals surface area contributed by atoms with Crippen molar-refractivity contribution in [1.82, 2.24) is 0 Å². The van der Waals surface area contributed by atoms with Gasteiger partial charge in [0, 0.05) is 5.41 Å². The normalized spacial score (nSPS) is 17.3. The van der Waals surface area contributed by atoms with Crippen LogP contribution in [0.15, 0.2) is 60.7 Å². The van der Waals surface area contributed by atoms with Crippen LogP contribution >= 0.6 is 0 Å². The van der Waals surface area contributed by atoms with E-state index in [4.69, 9.17) is 0 Å². The molecule has 0 spiro atoms. The fraction of sp³-hybridized carbons (Fsp3) is 0.368. The maximum Gasteiger partial charge on any atom is 0.105 e. The standard InChI is InChI=1S/C19H24O4/c1-19(2,17(22)15(20)13-9-5-3-6-10-13)18(23)16(21)14-11-7-4-8-12-14/h3-12,15-18,20-23H,1-2H3. The van der Waals surface area contributed by atoms with Crippen LogP contribution in [0.1, 0.15) is 37.2 Å². The number of hydrogen-bond acceptors (Lipinski definition) is 4. The highest BCUT2D eigenvalue weighted by atomic mass is 16.3. The summed E-state index contributed by atoms with van der Waals surface area (Å²) in [5.41, 5.74) is 0.00814. The molecule has 124 valence electrons. The van der Waals surface area contributed by atoms with Crippen LogP contribution in [0.3, 0.4) is 0 Å². The van der Waals surface area contributed by atoms with Crippen molar-refractivity contribution in [3.05, 3.63) is 71.8 Å². The first kappa shape index (κ1) is 17.6. The number of aliphatic hydroxyl groups excluding tert-OH is 4. The van der Waals surface area contributed by atoms with Gasteiger partial charge in [0.05, 0.1) is 12.2 Å². The van der Waals surface area contributed by atoms with Crippen molar-refractivity contribution in [2.24, 2.45) is 5.41 Å². The van der Waals surface area contributed by atoms with Gasteiger partial charge < -0.3 is 20.4 Å². The Morgan fingerprint density at radius 2 is 0.913 bits per heavy atom. The van der Waals surface area contributed by atoms with Crippen molar-refractivity contribution in [2.75, 3.05) is 0 Å². The summed E-state index contributed by atoms with van der Waals surface area (Å²) in [5.74, 6) is 0. The molecule has 2 rings (SSSR count). The van der Waals surface area contributed by atoms with Gasteiger partial charge in [-0.15, -0.1) is 0 Å². The van der Waals surface area contributed by atoms with Crippen LogP contribution in [0.25, 0.3) is 0 Å². The Bertz CT molecular complexity index is 544. The lowest BCUT2D eigenvalue weighted by Gasteiger charge is -2.39. The van der Waals surface area contributed by atoms with E-state index in [0.717, 1.165) is 0 Å². The lowest BCUT2D eigenvalue weighted by molar-refractivity contribution is -0.138. The summed E-state index contributed by atoms with van der Waals surface area (Å²) in [6, 6.07) is 17.6. The first-order valence-electron chi connectivity index (χ1n) is 7.68. The van der Waals surface area contributed by atoms with Gasteiger partial charge in [0.2, 0.25) is 0 Å². The van der Waals surface area contributed by atoms with Crippen LogP contribution in [0.4, 0.5) is 0 Å². The van der Waals surface area contributed by atoms with Crippen LogP contribution in [0.5, 0.6) is 0 Å². The Morgan fingerprint density at radius 3 is 1.22 bits per heavy atom. The second kappa shape index (κ2) is 7.23. The lowest BCUT2D eigenvalue weighted by Crippen LogP contribution is -2.46. The second-order valence-electron chi connectivity index (χ2n) is 6.42. The van der Waals surface area contributed by atoms with Crippen molar-refractivity contribution >= 4 is 0 Å². The summed E-state index contributed by atoms with van der Waals surface area (Å²) < 4.78 is 0. The number of benzene rings is 2. The summed E-state index contributed by atoms with van der Waals surface area (Å²) in [7, 11) is 0. The minimum atomic E-state index is -1.24. The van der Waals surface area contributed by atoms with Crippen molar-refractivity contribution in [3.63, 3.8) is 0 Å². The highest BCUT2D eigenvalue weighted by Gasteiger charge is 2.43. The molecule has 2 aromatic rings. The van der Waals surface area contributed by atoms with Gasteiger partial charge in [-0.3, -0.25) is 0 Å². The van der Waals surface area contributed by atoms with Crippen LogP contribution in [0, 0.1) is 5.41 Å². The quantitative estimate of drug-likeness (QED) is 0.658. The van der Waals surface area contributed by atoms with Gasteiger partial charge in [-0.1, -0.05) is 74.5 Å². The van der Waals surface area contributed by atoms with Crippen molar-refractivity contribution in [3.8, 4) is 0 Å². The van der Waals surface area contributed by atoms with E-state index in [1.165, 1.54) is 0 Å². The first-order chi connectivity index (χ1) is 10.9. The molecule has 0 aliphatic rings. The largest absolute Gasteiger partial charge is 0.389 e. The maximum atomic E-state index is 10.5. The van der Waals surface area contributed by atoms with Gasteiger partial charge in [0.1, 0.15) is 12.2 Å². The molecular weight excluding hydrogens is 292 g/mol. The molecule has 4 N–H and O–H groups in total. The Balaban J connectivity index is 2.19. The zero-order chi connectivity index (χ0) is 17.0. The van der Waals surface area contributed by atoms with E-state index in [9.17, 15) is 20.4 Å². The SMILES string of the molecule is CC(C)(C(O)C(O)c1ccccc1)C(O)C(O)c1ccccc1. The number of hydrogen-bond donors (Lipinski definition) is 4. The summed E-state index contributed by atoms with van der Waals surface area (Å²) in [6.45, 7) is 3.25. The molecule has 2 aromatic carbocycles. The third kappa shape index (κ3) is 3.79. The lowest BCUT2D eigenvalue weighted by atomic mass is 9.74. The average Bonchev–Trinajstić information content (AvgIpc) is 2.60. The molecule has 0 fully saturated rings. The summed E-state index contributed by atoms with van der Waals surface area (Å²) in [6.07, 6.45) is -4.77. The highest BCUT2D eigenvalue weighted by Crippen LogP contribution is 2.38. The van der Waals surface area contributed by atoms with Crippen LogP contribution in [-0.2, 0) is 0 Å². The molecule has 4 heteroatoms. The van der Waals surface area contributed by atoms with E-state index in [1.807, 2.05) is 12.1 Å². The predicted molar refractivity (Wildman–Crippen MR) is 88.6 cm³/mol. The topological polar surface area (TPSA) is 80.9 Å². The molecule has 4 nitrogen and oxygen atoms in total. The van der Waals surface area contributed by atoms with Gasteiger partial charge in [-0.25, -0.2) is 0 Å². The molecule has 0 amide bonds. The zero-order valence-electron chi connectivity index (χ0n) is 13.4. The van der Waals surface area contributed by atoms with E-state index in [-0.39, 0.29) is 0 Å². The van der Waals surface area contributed by atoms with Gasteiger partial charge in [0.15, 0.2) is 0 Å². The smallest absolute Gasteiger partial charge is 0.105 e. The van der Waals surface area contributed by atoms with Gasteiger partial charge in [-0.2, -0.15) is 0 Å². The molecular formula is C19H24O4. The second-order valence-corrected chi connectivity index (χ2v) is 6.42. The Hall–Kier alpha value is -1.72. The van der Waals surface area contributed by atoms with Crippen LogP contribution in [0.2, 0.25) is 0 Å². The van der Waals surface area contributed by atoms with Gasteiger partial charge >= 0.3 is 0 Å². The van der Waals surface area contributed by atoms with Crippen LogP contribution < -0.4 is 0 Å². The van der Waals surface area contributed by atoms with E-state index < -0.39 is 29.8 Å². The fourth-order valence-electron chi connectivity index (χ4n) is 2.65. The summed E-state index contributed by atoms with van der Waals surface area (Å²) in [5, 5.41) is 41.9. The third-order valence-corrected chi connectivity index (χ3v) is 4.40. The zero-order valence-corrected chi connectivity index (χ0v) is 13.4. The molecule has 0 saturated carbocycles. The van der Waals surface area contributed by atoms with Gasteiger partial charge in [-0.05, 0) is 11.1 Å². The van der Waals surface area contributed by atoms with E-state index in [0.29, 0.717) is 11.1 Å². The monoisotopic (exact) mass is 316 g/mol. The molecule has 0 aliphatic heterocycles. The highest BCUT2D eigenvalue weighted by molar-refractivity contribution is 5.21. The minimum Gasteiger partial charge on any atom is -0.389 e. The molecule has 0 bridgehead atoms. The van der Waals surface area contributed by atoms with E-state index in [2.05, 4.69) is 0 Å². The molecule has 0 aliphatic carbocycles. The maximum absolute atomic E-state index is 10.5. The number of aliphatic hydroxyl groups is 4. The van der Waals surface area contributed by atoms with Crippen molar-refractivity contribution in [1.29, 1.82) is 0 Å². The van der Waals surface area contributed by atoms with Gasteiger partial charge in [0.25, 0.3) is 0 Å². The third-order valence-electron chi connectivity index (χ3n) is 4.40. The Labute approximate surface area is 136 Å².